The smallest absolute Gasteiger partial charge is 0.310 e. The summed E-state index contributed by atoms with van der Waals surface area (Å²) in [4.78, 5) is 24.5. The molecule has 0 radical (unpaired) electrons. The monoisotopic (exact) mass is 310 g/mol. The van der Waals surface area contributed by atoms with Gasteiger partial charge in [-0.2, -0.15) is 0 Å². The Morgan fingerprint density at radius 2 is 1.63 bits per heavy atom. The summed E-state index contributed by atoms with van der Waals surface area (Å²) in [5, 5.41) is 2.66. The van der Waals surface area contributed by atoms with E-state index in [9.17, 15) is 9.59 Å². The molecule has 1 heterocycles. The third-order valence-corrected chi connectivity index (χ3v) is 3.54. The molecule has 0 spiro atoms. The standard InChI is InChI=1S/C13H23ClN2O2.ClH/c1-6-16(11(18)10(14)17)9-7-12(2,3)15-13(4,5)8-9;/h9,15H,6-8H2,1-5H3;1H. The zero-order valence-electron chi connectivity index (χ0n) is 12.2. The van der Waals surface area contributed by atoms with E-state index in [4.69, 9.17) is 11.6 Å². The first-order valence-corrected chi connectivity index (χ1v) is 6.75. The van der Waals surface area contributed by atoms with Gasteiger partial charge in [-0.1, -0.05) is 0 Å². The fraction of sp³-hybridized carbons (Fsp3) is 0.846. The second kappa shape index (κ2) is 6.42. The average molecular weight is 311 g/mol. The highest BCUT2D eigenvalue weighted by Gasteiger charge is 2.41. The van der Waals surface area contributed by atoms with Crippen LogP contribution in [0.3, 0.4) is 0 Å². The maximum Gasteiger partial charge on any atom is 0.310 e. The van der Waals surface area contributed by atoms with Crippen molar-refractivity contribution in [3.8, 4) is 0 Å². The lowest BCUT2D eigenvalue weighted by Gasteiger charge is -2.49. The summed E-state index contributed by atoms with van der Waals surface area (Å²) in [6, 6.07) is 0.0523. The molecular weight excluding hydrogens is 287 g/mol. The Morgan fingerprint density at radius 3 is 1.95 bits per heavy atom. The number of nitrogens with one attached hydrogen (secondary N) is 1. The van der Waals surface area contributed by atoms with Crippen LogP contribution in [0.25, 0.3) is 0 Å². The quantitative estimate of drug-likeness (QED) is 0.643. The molecule has 0 aromatic rings. The van der Waals surface area contributed by atoms with Gasteiger partial charge in [-0.3, -0.25) is 9.59 Å². The van der Waals surface area contributed by atoms with Crippen LogP contribution in [0.5, 0.6) is 0 Å². The van der Waals surface area contributed by atoms with E-state index in [2.05, 4.69) is 33.0 Å². The topological polar surface area (TPSA) is 49.4 Å². The van der Waals surface area contributed by atoms with E-state index in [1.165, 1.54) is 0 Å². The van der Waals surface area contributed by atoms with E-state index < -0.39 is 11.1 Å². The van der Waals surface area contributed by atoms with E-state index in [1.807, 2.05) is 6.92 Å². The number of halogens is 2. The molecule has 0 aliphatic carbocycles. The third kappa shape index (κ3) is 4.93. The normalized spacial score (nSPS) is 21.4. The number of likely N-dealkylation sites (N-methyl/N-ethyl adjacent to an activating group) is 1. The molecule has 0 aromatic heterocycles. The minimum Gasteiger partial charge on any atom is -0.332 e. The van der Waals surface area contributed by atoms with Crippen LogP contribution in [0.4, 0.5) is 0 Å². The predicted molar refractivity (Wildman–Crippen MR) is 79.8 cm³/mol. The van der Waals surface area contributed by atoms with Crippen LogP contribution in [-0.4, -0.2) is 39.7 Å². The summed E-state index contributed by atoms with van der Waals surface area (Å²) >= 11 is 5.32. The van der Waals surface area contributed by atoms with Crippen LogP contribution < -0.4 is 5.32 Å². The van der Waals surface area contributed by atoms with Crippen molar-refractivity contribution in [1.82, 2.24) is 10.2 Å². The number of rotatable bonds is 3. The number of piperidine rings is 1. The first-order chi connectivity index (χ1) is 8.08. The third-order valence-electron chi connectivity index (χ3n) is 3.38. The number of carbonyl (C=O) groups is 2. The largest absolute Gasteiger partial charge is 0.332 e. The molecule has 0 unspecified atom stereocenters. The van der Waals surface area contributed by atoms with Crippen molar-refractivity contribution in [1.29, 1.82) is 0 Å². The van der Waals surface area contributed by atoms with Crippen molar-refractivity contribution >= 4 is 35.2 Å². The van der Waals surface area contributed by atoms with E-state index in [1.54, 1.807) is 4.90 Å². The van der Waals surface area contributed by atoms with Crippen molar-refractivity contribution in [2.45, 2.75) is 64.6 Å². The lowest BCUT2D eigenvalue weighted by atomic mass is 9.79. The maximum atomic E-state index is 11.8. The summed E-state index contributed by atoms with van der Waals surface area (Å²) in [6.45, 7) is 10.8. The van der Waals surface area contributed by atoms with Gasteiger partial charge in [0.15, 0.2) is 0 Å². The Balaban J connectivity index is 0.00000324. The van der Waals surface area contributed by atoms with Crippen molar-refractivity contribution in [3.63, 3.8) is 0 Å². The molecule has 0 aromatic carbocycles. The second-order valence-corrected chi connectivity index (χ2v) is 6.66. The molecule has 1 rings (SSSR count). The maximum absolute atomic E-state index is 11.8. The summed E-state index contributed by atoms with van der Waals surface area (Å²) < 4.78 is 0. The van der Waals surface area contributed by atoms with Gasteiger partial charge in [0.2, 0.25) is 0 Å². The second-order valence-electron chi connectivity index (χ2n) is 6.32. The molecule has 1 saturated heterocycles. The molecule has 19 heavy (non-hydrogen) atoms. The highest BCUT2D eigenvalue weighted by molar-refractivity contribution is 6.80. The molecule has 1 fully saturated rings. The van der Waals surface area contributed by atoms with Crippen molar-refractivity contribution in [2.75, 3.05) is 6.54 Å². The summed E-state index contributed by atoms with van der Waals surface area (Å²) in [7, 11) is 0. The van der Waals surface area contributed by atoms with Crippen molar-refractivity contribution in [3.05, 3.63) is 0 Å². The Bertz CT molecular complexity index is 341. The van der Waals surface area contributed by atoms with Gasteiger partial charge in [0, 0.05) is 23.7 Å². The van der Waals surface area contributed by atoms with E-state index in [-0.39, 0.29) is 29.5 Å². The van der Waals surface area contributed by atoms with Gasteiger partial charge < -0.3 is 10.2 Å². The summed E-state index contributed by atoms with van der Waals surface area (Å²) in [5.41, 5.74) is -0.120. The molecule has 4 nitrogen and oxygen atoms in total. The number of nitrogens with zero attached hydrogens (tertiary/aromatic N) is 1. The first kappa shape index (κ1) is 18.7. The van der Waals surface area contributed by atoms with Gasteiger partial charge in [-0.15, -0.1) is 12.4 Å². The number of amides is 1. The molecule has 0 bridgehead atoms. The van der Waals surface area contributed by atoms with Gasteiger partial charge >= 0.3 is 11.1 Å². The molecule has 1 N–H and O–H groups in total. The number of carbonyl (C=O) groups excluding carboxylic acids is 2. The van der Waals surface area contributed by atoms with Gasteiger partial charge in [-0.25, -0.2) is 0 Å². The zero-order chi connectivity index (χ0) is 14.1. The number of hydrogen-bond acceptors (Lipinski definition) is 3. The lowest BCUT2D eigenvalue weighted by Crippen LogP contribution is -2.63. The molecule has 1 aliphatic rings. The molecule has 1 aliphatic heterocycles. The molecular formula is C13H24Cl2N2O2. The van der Waals surface area contributed by atoms with Crippen molar-refractivity contribution in [2.24, 2.45) is 0 Å². The Morgan fingerprint density at radius 1 is 1.21 bits per heavy atom. The molecule has 0 saturated carbocycles. The zero-order valence-corrected chi connectivity index (χ0v) is 13.8. The first-order valence-electron chi connectivity index (χ1n) is 6.38. The molecule has 0 atom stereocenters. The average Bonchev–Trinajstić information content (AvgIpc) is 2.13. The van der Waals surface area contributed by atoms with Crippen LogP contribution in [0.2, 0.25) is 0 Å². The Kier molecular flexibility index (Phi) is 6.31. The highest BCUT2D eigenvalue weighted by atomic mass is 35.5. The summed E-state index contributed by atoms with van der Waals surface area (Å²) in [5.74, 6) is -0.585. The Hall–Kier alpha value is -0.320. The molecule has 112 valence electrons. The van der Waals surface area contributed by atoms with Crippen LogP contribution in [0.1, 0.15) is 47.5 Å². The molecule has 6 heteroatoms. The van der Waals surface area contributed by atoms with Crippen LogP contribution in [0.15, 0.2) is 0 Å². The molecule has 1 amide bonds. The fourth-order valence-corrected chi connectivity index (χ4v) is 3.28. The minimum atomic E-state index is -0.897. The van der Waals surface area contributed by atoms with Crippen LogP contribution in [0, 0.1) is 0 Å². The predicted octanol–water partition coefficient (Wildman–Crippen LogP) is 2.33. The van der Waals surface area contributed by atoms with Gasteiger partial charge in [-0.05, 0) is 59.1 Å². The van der Waals surface area contributed by atoms with Crippen molar-refractivity contribution < 1.29 is 9.59 Å². The van der Waals surface area contributed by atoms with Crippen LogP contribution >= 0.6 is 24.0 Å². The SMILES string of the molecule is CCN(C(=O)C(=O)Cl)C1CC(C)(C)NC(C)(C)C1.Cl. The van der Waals surface area contributed by atoms with Crippen LogP contribution in [-0.2, 0) is 9.59 Å². The highest BCUT2D eigenvalue weighted by Crippen LogP contribution is 2.31. The summed E-state index contributed by atoms with van der Waals surface area (Å²) in [6.07, 6.45) is 1.64. The fourth-order valence-electron chi connectivity index (χ4n) is 3.17. The Labute approximate surface area is 126 Å². The minimum absolute atomic E-state index is 0. The van der Waals surface area contributed by atoms with Gasteiger partial charge in [0.25, 0.3) is 0 Å². The lowest BCUT2D eigenvalue weighted by molar-refractivity contribution is -0.143. The van der Waals surface area contributed by atoms with E-state index >= 15 is 0 Å². The number of hydrogen-bond donors (Lipinski definition) is 1. The van der Waals surface area contributed by atoms with Gasteiger partial charge in [0.05, 0.1) is 0 Å². The van der Waals surface area contributed by atoms with E-state index in [0.717, 1.165) is 12.8 Å². The van der Waals surface area contributed by atoms with Gasteiger partial charge in [0.1, 0.15) is 0 Å². The van der Waals surface area contributed by atoms with E-state index in [0.29, 0.717) is 6.54 Å².